The molecule has 1 aromatic carbocycles. The van der Waals surface area contributed by atoms with Gasteiger partial charge in [-0.15, -0.1) is 0 Å². The topological polar surface area (TPSA) is 68.0 Å². The molecule has 0 unspecified atom stereocenters. The van der Waals surface area contributed by atoms with E-state index in [1.54, 1.807) is 18.2 Å². The fourth-order valence-corrected chi connectivity index (χ4v) is 3.71. The third-order valence-corrected chi connectivity index (χ3v) is 5.13. The van der Waals surface area contributed by atoms with Gasteiger partial charge in [0.15, 0.2) is 5.76 Å². The normalized spacial score (nSPS) is 17.6. The summed E-state index contributed by atoms with van der Waals surface area (Å²) < 4.78 is 16.6. The Balaban J connectivity index is 1.53. The standard InChI is InChI=1S/C23H33N3O4/c1-23(2,3)30-22(27)25(4)14-17-7-6-12-26(15-17)16-21-24-13-20(29-21)18-8-10-19(28-5)11-9-18/h8-11,13,17H,6-7,12,14-16H2,1-5H3/t17-/m0/s1. The number of benzene rings is 1. The number of piperidine rings is 1. The molecule has 1 aliphatic rings. The molecule has 1 aliphatic heterocycles. The van der Waals surface area contributed by atoms with Crippen molar-refractivity contribution in [3.63, 3.8) is 0 Å². The number of methoxy groups -OCH3 is 1. The molecule has 7 heteroatoms. The maximum atomic E-state index is 12.2. The first-order chi connectivity index (χ1) is 14.2. The highest BCUT2D eigenvalue weighted by molar-refractivity contribution is 5.67. The number of hydrogen-bond acceptors (Lipinski definition) is 6. The van der Waals surface area contributed by atoms with Gasteiger partial charge in [0.2, 0.25) is 5.89 Å². The fraction of sp³-hybridized carbons (Fsp3) is 0.565. The van der Waals surface area contributed by atoms with Crippen molar-refractivity contribution in [2.45, 2.75) is 45.8 Å². The zero-order chi connectivity index (χ0) is 21.7. The van der Waals surface area contributed by atoms with Crippen molar-refractivity contribution in [3.8, 4) is 17.1 Å². The highest BCUT2D eigenvalue weighted by Gasteiger charge is 2.26. The van der Waals surface area contributed by atoms with E-state index in [0.29, 0.717) is 24.9 Å². The number of oxazole rings is 1. The predicted molar refractivity (Wildman–Crippen MR) is 115 cm³/mol. The number of aromatic nitrogens is 1. The highest BCUT2D eigenvalue weighted by Crippen LogP contribution is 2.25. The Labute approximate surface area is 179 Å². The van der Waals surface area contributed by atoms with Gasteiger partial charge in [0.25, 0.3) is 0 Å². The fourth-order valence-electron chi connectivity index (χ4n) is 3.71. The summed E-state index contributed by atoms with van der Waals surface area (Å²) in [4.78, 5) is 20.7. The molecular formula is C23H33N3O4. The smallest absolute Gasteiger partial charge is 0.410 e. The van der Waals surface area contributed by atoms with Crippen LogP contribution in [0.1, 0.15) is 39.5 Å². The second kappa shape index (κ2) is 9.51. The van der Waals surface area contributed by atoms with Crippen LogP contribution in [0, 0.1) is 5.92 Å². The van der Waals surface area contributed by atoms with Crippen LogP contribution in [-0.2, 0) is 11.3 Å². The average molecular weight is 416 g/mol. The summed E-state index contributed by atoms with van der Waals surface area (Å²) in [5, 5.41) is 0. The van der Waals surface area contributed by atoms with Gasteiger partial charge in [0.1, 0.15) is 11.4 Å². The van der Waals surface area contributed by atoms with Crippen molar-refractivity contribution in [2.24, 2.45) is 5.92 Å². The molecule has 3 rings (SSSR count). The van der Waals surface area contributed by atoms with Gasteiger partial charge < -0.3 is 18.8 Å². The van der Waals surface area contributed by atoms with E-state index in [2.05, 4.69) is 9.88 Å². The van der Waals surface area contributed by atoms with E-state index >= 15 is 0 Å². The van der Waals surface area contributed by atoms with Gasteiger partial charge >= 0.3 is 6.09 Å². The number of amides is 1. The van der Waals surface area contributed by atoms with Gasteiger partial charge in [-0.05, 0) is 70.3 Å². The Kier molecular flexibility index (Phi) is 7.02. The highest BCUT2D eigenvalue weighted by atomic mass is 16.6. The minimum atomic E-state index is -0.476. The first-order valence-electron chi connectivity index (χ1n) is 10.5. The number of rotatable bonds is 6. The molecule has 2 aromatic rings. The number of carbonyl (C=O) groups excluding carboxylic acids is 1. The van der Waals surface area contributed by atoms with Gasteiger partial charge in [-0.3, -0.25) is 4.90 Å². The molecule has 0 saturated carbocycles. The molecule has 0 N–H and O–H groups in total. The van der Waals surface area contributed by atoms with Crippen LogP contribution in [0.4, 0.5) is 4.79 Å². The zero-order valence-electron chi connectivity index (χ0n) is 18.7. The van der Waals surface area contributed by atoms with E-state index in [1.165, 1.54) is 0 Å². The van der Waals surface area contributed by atoms with E-state index in [9.17, 15) is 4.79 Å². The number of likely N-dealkylation sites (tertiary alicyclic amines) is 1. The lowest BCUT2D eigenvalue weighted by molar-refractivity contribution is 0.0239. The Morgan fingerprint density at radius 3 is 2.70 bits per heavy atom. The van der Waals surface area contributed by atoms with Crippen molar-refractivity contribution < 1.29 is 18.7 Å². The Morgan fingerprint density at radius 2 is 2.03 bits per heavy atom. The SMILES string of the molecule is COc1ccc(-c2cnc(CN3CCC[C@@H](CN(C)C(=O)OC(C)(C)C)C3)o2)cc1. The van der Waals surface area contributed by atoms with Gasteiger partial charge in [0.05, 0.1) is 19.9 Å². The number of carbonyl (C=O) groups is 1. The van der Waals surface area contributed by atoms with Crippen LogP contribution in [0.5, 0.6) is 5.75 Å². The van der Waals surface area contributed by atoms with Crippen LogP contribution in [0.25, 0.3) is 11.3 Å². The summed E-state index contributed by atoms with van der Waals surface area (Å²) in [6.07, 6.45) is 3.71. The summed E-state index contributed by atoms with van der Waals surface area (Å²) in [5.41, 5.74) is 0.501. The largest absolute Gasteiger partial charge is 0.497 e. The first-order valence-corrected chi connectivity index (χ1v) is 10.5. The molecule has 0 bridgehead atoms. The van der Waals surface area contributed by atoms with E-state index in [1.807, 2.05) is 52.1 Å². The van der Waals surface area contributed by atoms with Crippen molar-refractivity contribution in [1.29, 1.82) is 0 Å². The van der Waals surface area contributed by atoms with Crippen LogP contribution in [0.15, 0.2) is 34.9 Å². The number of ether oxygens (including phenoxy) is 2. The van der Waals surface area contributed by atoms with Crippen LogP contribution >= 0.6 is 0 Å². The molecule has 30 heavy (non-hydrogen) atoms. The summed E-state index contributed by atoms with van der Waals surface area (Å²) in [7, 11) is 3.46. The second-order valence-corrected chi connectivity index (χ2v) is 8.95. The number of hydrogen-bond donors (Lipinski definition) is 0. The van der Waals surface area contributed by atoms with Crippen LogP contribution in [-0.4, -0.2) is 60.3 Å². The Morgan fingerprint density at radius 1 is 1.30 bits per heavy atom. The quantitative estimate of drug-likeness (QED) is 0.695. The van der Waals surface area contributed by atoms with E-state index in [4.69, 9.17) is 13.9 Å². The monoisotopic (exact) mass is 415 g/mol. The molecule has 1 atom stereocenters. The van der Waals surface area contributed by atoms with E-state index in [-0.39, 0.29) is 6.09 Å². The van der Waals surface area contributed by atoms with Crippen molar-refractivity contribution in [2.75, 3.05) is 33.8 Å². The molecule has 1 saturated heterocycles. The van der Waals surface area contributed by atoms with Gasteiger partial charge in [-0.1, -0.05) is 0 Å². The summed E-state index contributed by atoms with van der Waals surface area (Å²) >= 11 is 0. The lowest BCUT2D eigenvalue weighted by Crippen LogP contribution is -2.42. The van der Waals surface area contributed by atoms with Crippen LogP contribution in [0.3, 0.4) is 0 Å². The van der Waals surface area contributed by atoms with Crippen molar-refractivity contribution in [3.05, 3.63) is 36.4 Å². The van der Waals surface area contributed by atoms with Gasteiger partial charge in [-0.2, -0.15) is 0 Å². The van der Waals surface area contributed by atoms with Crippen LogP contribution in [0.2, 0.25) is 0 Å². The summed E-state index contributed by atoms with van der Waals surface area (Å²) in [6.45, 7) is 8.93. The molecule has 1 amide bonds. The molecule has 7 nitrogen and oxygen atoms in total. The summed E-state index contributed by atoms with van der Waals surface area (Å²) in [6, 6.07) is 7.75. The molecule has 0 aliphatic carbocycles. The molecule has 1 aromatic heterocycles. The van der Waals surface area contributed by atoms with Gasteiger partial charge in [-0.25, -0.2) is 9.78 Å². The lowest BCUT2D eigenvalue weighted by atomic mass is 9.97. The third kappa shape index (κ3) is 6.23. The maximum absolute atomic E-state index is 12.2. The molecule has 0 spiro atoms. The van der Waals surface area contributed by atoms with Crippen molar-refractivity contribution in [1.82, 2.24) is 14.8 Å². The molecular weight excluding hydrogens is 382 g/mol. The van der Waals surface area contributed by atoms with Crippen molar-refractivity contribution >= 4 is 6.09 Å². The molecule has 164 valence electrons. The first kappa shape index (κ1) is 22.2. The molecule has 1 fully saturated rings. The lowest BCUT2D eigenvalue weighted by Gasteiger charge is -2.34. The third-order valence-electron chi connectivity index (χ3n) is 5.13. The van der Waals surface area contributed by atoms with E-state index < -0.39 is 5.60 Å². The minimum Gasteiger partial charge on any atom is -0.497 e. The maximum Gasteiger partial charge on any atom is 0.410 e. The predicted octanol–water partition coefficient (Wildman–Crippen LogP) is 4.43. The summed E-state index contributed by atoms with van der Waals surface area (Å²) in [5.74, 6) is 2.69. The second-order valence-electron chi connectivity index (χ2n) is 8.95. The number of nitrogens with zero attached hydrogens (tertiary/aromatic N) is 3. The van der Waals surface area contributed by atoms with Gasteiger partial charge in [0, 0.05) is 25.7 Å². The molecule has 2 heterocycles. The van der Waals surface area contributed by atoms with Crippen LogP contribution < -0.4 is 4.74 Å². The zero-order valence-corrected chi connectivity index (χ0v) is 18.7. The Hall–Kier alpha value is -2.54. The molecule has 0 radical (unpaired) electrons. The average Bonchev–Trinajstić information content (AvgIpc) is 3.15. The minimum absolute atomic E-state index is 0.267. The van der Waals surface area contributed by atoms with E-state index in [0.717, 1.165) is 43.0 Å². The Bertz CT molecular complexity index is 826.